The topological polar surface area (TPSA) is 78.9 Å². The number of hydrogen-bond acceptors (Lipinski definition) is 5. The van der Waals surface area contributed by atoms with Gasteiger partial charge < -0.3 is 20.1 Å². The van der Waals surface area contributed by atoms with Crippen molar-refractivity contribution >= 4 is 40.6 Å². The van der Waals surface area contributed by atoms with Crippen LogP contribution in [0.5, 0.6) is 0 Å². The molecule has 0 radical (unpaired) electrons. The first-order chi connectivity index (χ1) is 12.0. The van der Waals surface area contributed by atoms with E-state index < -0.39 is 17.8 Å². The highest BCUT2D eigenvalue weighted by molar-refractivity contribution is 7.09. The van der Waals surface area contributed by atoms with E-state index in [1.165, 1.54) is 4.90 Å². The second-order valence-corrected chi connectivity index (χ2v) is 7.09. The number of aliphatic hydroxyl groups is 1. The number of carbonyl (C=O) groups is 2. The summed E-state index contributed by atoms with van der Waals surface area (Å²) < 4.78 is 5.00. The van der Waals surface area contributed by atoms with Crippen LogP contribution in [-0.4, -0.2) is 36.0 Å². The third-order valence-electron chi connectivity index (χ3n) is 3.86. The number of nitrogens with zero attached hydrogens (tertiary/aromatic N) is 1. The Morgan fingerprint density at radius 3 is 2.96 bits per heavy atom. The predicted molar refractivity (Wildman–Crippen MR) is 95.9 cm³/mol. The number of rotatable bonds is 5. The lowest BCUT2D eigenvalue weighted by Crippen LogP contribution is -2.46. The molecule has 1 aromatic heterocycles. The van der Waals surface area contributed by atoms with Crippen molar-refractivity contribution < 1.29 is 19.4 Å². The van der Waals surface area contributed by atoms with Crippen molar-refractivity contribution in [1.82, 2.24) is 5.32 Å². The fourth-order valence-corrected chi connectivity index (χ4v) is 3.49. The maximum atomic E-state index is 12.5. The zero-order valence-electron chi connectivity index (χ0n) is 13.3. The van der Waals surface area contributed by atoms with Crippen molar-refractivity contribution in [2.24, 2.45) is 0 Å². The first-order valence-electron chi connectivity index (χ1n) is 7.77. The van der Waals surface area contributed by atoms with Crippen LogP contribution < -0.4 is 10.2 Å². The molecule has 0 aliphatic carbocycles. The second kappa shape index (κ2) is 7.43. The highest BCUT2D eigenvalue weighted by Gasteiger charge is 2.49. The predicted octanol–water partition coefficient (Wildman–Crippen LogP) is 2.80. The standard InChI is InChI=1S/C17H17ClN2O4S/c18-12-3-1-4-13(11-12)20-9-7-17(23,15(20)21)24-16(22)19-8-6-14-5-2-10-25-14/h1-5,10-11,23H,6-9H2,(H,19,22)/t17-/m0/s1. The Bertz CT molecular complexity index is 768. The van der Waals surface area contributed by atoms with Gasteiger partial charge in [-0.05, 0) is 36.1 Å². The molecule has 1 aliphatic heterocycles. The summed E-state index contributed by atoms with van der Waals surface area (Å²) in [7, 11) is 0. The molecule has 0 spiro atoms. The fraction of sp³-hybridized carbons (Fsp3) is 0.294. The van der Waals surface area contributed by atoms with E-state index >= 15 is 0 Å². The number of nitrogens with one attached hydrogen (secondary N) is 1. The highest BCUT2D eigenvalue weighted by atomic mass is 35.5. The van der Waals surface area contributed by atoms with E-state index in [1.807, 2.05) is 17.5 Å². The molecule has 2 N–H and O–H groups in total. The number of anilines is 1. The molecule has 25 heavy (non-hydrogen) atoms. The van der Waals surface area contributed by atoms with Crippen LogP contribution in [0.1, 0.15) is 11.3 Å². The molecule has 0 bridgehead atoms. The van der Waals surface area contributed by atoms with E-state index in [-0.39, 0.29) is 13.0 Å². The molecule has 1 aliphatic rings. The van der Waals surface area contributed by atoms with Crippen LogP contribution in [0, 0.1) is 0 Å². The Labute approximate surface area is 154 Å². The molecule has 132 valence electrons. The Morgan fingerprint density at radius 1 is 1.40 bits per heavy atom. The molecule has 3 rings (SSSR count). The van der Waals surface area contributed by atoms with Gasteiger partial charge in [0.1, 0.15) is 0 Å². The van der Waals surface area contributed by atoms with Gasteiger partial charge in [0, 0.05) is 35.1 Å². The first-order valence-corrected chi connectivity index (χ1v) is 9.03. The molecule has 6 nitrogen and oxygen atoms in total. The lowest BCUT2D eigenvalue weighted by Gasteiger charge is -2.22. The van der Waals surface area contributed by atoms with Crippen LogP contribution in [0.25, 0.3) is 0 Å². The van der Waals surface area contributed by atoms with Crippen LogP contribution in [-0.2, 0) is 16.0 Å². The normalized spacial score (nSPS) is 19.9. The van der Waals surface area contributed by atoms with Gasteiger partial charge in [0.2, 0.25) is 0 Å². The third-order valence-corrected chi connectivity index (χ3v) is 5.03. The van der Waals surface area contributed by atoms with Crippen molar-refractivity contribution in [2.45, 2.75) is 18.6 Å². The molecule has 2 aromatic rings. The fourth-order valence-electron chi connectivity index (χ4n) is 2.60. The molecular formula is C17H17ClN2O4S. The summed E-state index contributed by atoms with van der Waals surface area (Å²) in [4.78, 5) is 26.8. The van der Waals surface area contributed by atoms with Gasteiger partial charge in [0.15, 0.2) is 0 Å². The number of hydrogen-bond donors (Lipinski definition) is 2. The zero-order chi connectivity index (χ0) is 17.9. The molecular weight excluding hydrogens is 364 g/mol. The molecule has 1 aromatic carbocycles. The summed E-state index contributed by atoms with van der Waals surface area (Å²) >= 11 is 7.52. The van der Waals surface area contributed by atoms with E-state index in [1.54, 1.807) is 35.6 Å². The molecule has 1 fully saturated rings. The molecule has 0 unspecified atom stereocenters. The van der Waals surface area contributed by atoms with E-state index in [9.17, 15) is 14.7 Å². The number of amides is 2. The van der Waals surface area contributed by atoms with Gasteiger partial charge in [-0.25, -0.2) is 4.79 Å². The molecule has 1 saturated heterocycles. The van der Waals surface area contributed by atoms with Gasteiger partial charge in [0.05, 0.1) is 0 Å². The zero-order valence-corrected chi connectivity index (χ0v) is 14.8. The van der Waals surface area contributed by atoms with E-state index in [0.29, 0.717) is 23.7 Å². The van der Waals surface area contributed by atoms with E-state index in [0.717, 1.165) is 4.88 Å². The summed E-state index contributed by atoms with van der Waals surface area (Å²) in [5.74, 6) is -2.84. The van der Waals surface area contributed by atoms with Crippen LogP contribution >= 0.6 is 22.9 Å². The minimum atomic E-state index is -2.16. The Kier molecular flexibility index (Phi) is 5.27. The highest BCUT2D eigenvalue weighted by Crippen LogP contribution is 2.30. The minimum absolute atomic E-state index is 0.00328. The van der Waals surface area contributed by atoms with Crippen LogP contribution in [0.2, 0.25) is 5.02 Å². The number of alkyl carbamates (subject to hydrolysis) is 1. The smallest absolute Gasteiger partial charge is 0.407 e. The summed E-state index contributed by atoms with van der Waals surface area (Å²) in [6, 6.07) is 10.6. The van der Waals surface area contributed by atoms with Gasteiger partial charge in [-0.1, -0.05) is 23.7 Å². The van der Waals surface area contributed by atoms with Crippen molar-refractivity contribution in [2.75, 3.05) is 18.0 Å². The van der Waals surface area contributed by atoms with Gasteiger partial charge in [0.25, 0.3) is 11.7 Å². The lowest BCUT2D eigenvalue weighted by molar-refractivity contribution is -0.175. The summed E-state index contributed by atoms with van der Waals surface area (Å²) in [5.41, 5.74) is 0.551. The summed E-state index contributed by atoms with van der Waals surface area (Å²) in [6.45, 7) is 0.597. The van der Waals surface area contributed by atoms with Crippen molar-refractivity contribution in [3.8, 4) is 0 Å². The van der Waals surface area contributed by atoms with E-state index in [4.69, 9.17) is 16.3 Å². The summed E-state index contributed by atoms with van der Waals surface area (Å²) in [6.07, 6.45) is -0.162. The number of carbonyl (C=O) groups excluding carboxylic acids is 2. The SMILES string of the molecule is O=C(NCCc1cccs1)O[C@@]1(O)CCN(c2cccc(Cl)c2)C1=O. The second-order valence-electron chi connectivity index (χ2n) is 5.62. The van der Waals surface area contributed by atoms with Crippen LogP contribution in [0.4, 0.5) is 10.5 Å². The quantitative estimate of drug-likeness (QED) is 0.782. The number of thiophene rings is 1. The molecule has 2 amide bonds. The van der Waals surface area contributed by atoms with Crippen LogP contribution in [0.15, 0.2) is 41.8 Å². The Hall–Kier alpha value is -2.09. The average Bonchev–Trinajstić information content (AvgIpc) is 3.17. The van der Waals surface area contributed by atoms with Gasteiger partial charge in [-0.3, -0.25) is 4.79 Å². The largest absolute Gasteiger partial charge is 0.410 e. The number of halogens is 1. The monoisotopic (exact) mass is 380 g/mol. The van der Waals surface area contributed by atoms with Crippen molar-refractivity contribution in [3.05, 3.63) is 51.7 Å². The van der Waals surface area contributed by atoms with Crippen LogP contribution in [0.3, 0.4) is 0 Å². The number of benzene rings is 1. The maximum Gasteiger partial charge on any atom is 0.410 e. The van der Waals surface area contributed by atoms with Gasteiger partial charge in [-0.15, -0.1) is 11.3 Å². The first kappa shape index (κ1) is 17.7. The van der Waals surface area contributed by atoms with Gasteiger partial charge >= 0.3 is 6.09 Å². The third kappa shape index (κ3) is 4.12. The Morgan fingerprint density at radius 2 is 2.24 bits per heavy atom. The minimum Gasteiger partial charge on any atom is -0.407 e. The number of ether oxygens (including phenoxy) is 1. The van der Waals surface area contributed by atoms with Gasteiger partial charge in [-0.2, -0.15) is 0 Å². The molecule has 1 atom stereocenters. The lowest BCUT2D eigenvalue weighted by atomic mass is 10.2. The molecule has 2 heterocycles. The Balaban J connectivity index is 1.56. The van der Waals surface area contributed by atoms with E-state index in [2.05, 4.69) is 5.32 Å². The maximum absolute atomic E-state index is 12.5. The average molecular weight is 381 g/mol. The summed E-state index contributed by atoms with van der Waals surface area (Å²) in [5, 5.41) is 15.4. The molecule has 8 heteroatoms. The van der Waals surface area contributed by atoms with Crippen molar-refractivity contribution in [3.63, 3.8) is 0 Å². The van der Waals surface area contributed by atoms with Crippen molar-refractivity contribution in [1.29, 1.82) is 0 Å². The molecule has 0 saturated carbocycles.